The zero-order valence-corrected chi connectivity index (χ0v) is 16.1. The van der Waals surface area contributed by atoms with E-state index in [1.807, 2.05) is 0 Å². The van der Waals surface area contributed by atoms with Gasteiger partial charge >= 0.3 is 0 Å². The largest absolute Gasteiger partial charge is 0.322 e. The molecule has 1 amide bonds. The minimum absolute atomic E-state index is 0. The highest BCUT2D eigenvalue weighted by atomic mass is 35.5. The maximum absolute atomic E-state index is 12.9. The molecule has 2 aromatic carbocycles. The lowest BCUT2D eigenvalue weighted by Crippen LogP contribution is -2.37. The molecule has 3 N–H and O–H groups in total. The fraction of sp³-hybridized carbons (Fsp3) is 0.278. The fourth-order valence-corrected chi connectivity index (χ4v) is 3.83. The molecule has 9 heteroatoms. The van der Waals surface area contributed by atoms with Crippen molar-refractivity contribution in [2.75, 3.05) is 18.4 Å². The van der Waals surface area contributed by atoms with Crippen LogP contribution >= 0.6 is 12.4 Å². The van der Waals surface area contributed by atoms with E-state index in [1.54, 1.807) is 0 Å². The highest BCUT2D eigenvalue weighted by Gasteiger charge is 2.19. The van der Waals surface area contributed by atoms with Gasteiger partial charge in [-0.15, -0.1) is 12.4 Å². The van der Waals surface area contributed by atoms with Gasteiger partial charge in [-0.05, 0) is 67.9 Å². The number of hydrogen-bond acceptors (Lipinski definition) is 4. The molecule has 27 heavy (non-hydrogen) atoms. The number of halogens is 2. The van der Waals surface area contributed by atoms with Crippen LogP contribution in [-0.2, 0) is 10.0 Å². The summed E-state index contributed by atoms with van der Waals surface area (Å²) in [5, 5.41) is 5.88. The molecule has 1 fully saturated rings. The summed E-state index contributed by atoms with van der Waals surface area (Å²) in [6.07, 6.45) is 2.01. The predicted octanol–water partition coefficient (Wildman–Crippen LogP) is 2.53. The van der Waals surface area contributed by atoms with Crippen LogP contribution in [0.2, 0.25) is 0 Å². The minimum atomic E-state index is -3.59. The van der Waals surface area contributed by atoms with Crippen molar-refractivity contribution < 1.29 is 17.6 Å². The SMILES string of the molecule is Cl.O=C(Nc1ccc(S(=O)(=O)NCC2CCCN2)cc1)c1ccc(F)cc1. The highest BCUT2D eigenvalue weighted by molar-refractivity contribution is 7.89. The second-order valence-electron chi connectivity index (χ2n) is 6.13. The van der Waals surface area contributed by atoms with Crippen LogP contribution in [-0.4, -0.2) is 33.5 Å². The molecule has 3 rings (SSSR count). The number of anilines is 1. The molecule has 1 aliphatic heterocycles. The van der Waals surface area contributed by atoms with Gasteiger partial charge in [0.25, 0.3) is 5.91 Å². The molecule has 0 radical (unpaired) electrons. The molecule has 1 aliphatic rings. The molecule has 1 atom stereocenters. The first-order valence-corrected chi connectivity index (χ1v) is 9.82. The van der Waals surface area contributed by atoms with E-state index < -0.39 is 21.7 Å². The van der Waals surface area contributed by atoms with E-state index >= 15 is 0 Å². The molecule has 0 aliphatic carbocycles. The summed E-state index contributed by atoms with van der Waals surface area (Å²) in [6, 6.07) is 11.2. The molecule has 0 aromatic heterocycles. The lowest BCUT2D eigenvalue weighted by Gasteiger charge is -2.12. The van der Waals surface area contributed by atoms with Crippen LogP contribution in [0.3, 0.4) is 0 Å². The van der Waals surface area contributed by atoms with E-state index in [2.05, 4.69) is 15.4 Å². The van der Waals surface area contributed by atoms with Crippen molar-refractivity contribution in [3.63, 3.8) is 0 Å². The van der Waals surface area contributed by atoms with Crippen LogP contribution in [0.5, 0.6) is 0 Å². The molecule has 1 saturated heterocycles. The normalized spacial score (nSPS) is 16.6. The summed E-state index contributed by atoms with van der Waals surface area (Å²) in [7, 11) is -3.59. The smallest absolute Gasteiger partial charge is 0.255 e. The van der Waals surface area contributed by atoms with Gasteiger partial charge in [0.2, 0.25) is 10.0 Å². The maximum Gasteiger partial charge on any atom is 0.255 e. The molecule has 2 aromatic rings. The quantitative estimate of drug-likeness (QED) is 0.679. The summed E-state index contributed by atoms with van der Waals surface area (Å²) >= 11 is 0. The van der Waals surface area contributed by atoms with Gasteiger partial charge in [0.05, 0.1) is 4.90 Å². The van der Waals surface area contributed by atoms with Crippen molar-refractivity contribution in [1.29, 1.82) is 0 Å². The summed E-state index contributed by atoms with van der Waals surface area (Å²) in [5.74, 6) is -0.817. The number of carbonyl (C=O) groups is 1. The van der Waals surface area contributed by atoms with Crippen molar-refractivity contribution >= 4 is 34.0 Å². The Labute approximate surface area is 164 Å². The molecule has 0 spiro atoms. The number of nitrogens with one attached hydrogen (secondary N) is 3. The number of hydrogen-bond donors (Lipinski definition) is 3. The van der Waals surface area contributed by atoms with Gasteiger partial charge in [0, 0.05) is 23.8 Å². The Bertz CT molecular complexity index is 868. The van der Waals surface area contributed by atoms with E-state index in [-0.39, 0.29) is 23.3 Å². The predicted molar refractivity (Wildman–Crippen MR) is 104 cm³/mol. The third kappa shape index (κ3) is 5.74. The molecular formula is C18H21ClFN3O3S. The Morgan fingerprint density at radius 3 is 2.37 bits per heavy atom. The second-order valence-corrected chi connectivity index (χ2v) is 7.90. The van der Waals surface area contributed by atoms with E-state index in [4.69, 9.17) is 0 Å². The molecular weight excluding hydrogens is 393 g/mol. The topological polar surface area (TPSA) is 87.3 Å². The summed E-state index contributed by atoms with van der Waals surface area (Å²) in [4.78, 5) is 12.2. The van der Waals surface area contributed by atoms with Crippen LogP contribution in [0.4, 0.5) is 10.1 Å². The third-order valence-corrected chi connectivity index (χ3v) is 5.65. The standard InChI is InChI=1S/C18H20FN3O3S.ClH/c19-14-5-3-13(4-6-14)18(23)22-15-7-9-17(10-8-15)26(24,25)21-12-16-2-1-11-20-16;/h3-10,16,20-21H,1-2,11-12H2,(H,22,23);1H. The van der Waals surface area contributed by atoms with Gasteiger partial charge in [-0.2, -0.15) is 0 Å². The van der Waals surface area contributed by atoms with Gasteiger partial charge in [0.15, 0.2) is 0 Å². The summed E-state index contributed by atoms with van der Waals surface area (Å²) < 4.78 is 40.1. The van der Waals surface area contributed by atoms with Gasteiger partial charge in [-0.1, -0.05) is 0 Å². The molecule has 1 heterocycles. The maximum atomic E-state index is 12.9. The first-order valence-electron chi connectivity index (χ1n) is 8.34. The molecule has 146 valence electrons. The van der Waals surface area contributed by atoms with Gasteiger partial charge in [0.1, 0.15) is 5.82 Å². The number of carbonyl (C=O) groups excluding carboxylic acids is 1. The highest BCUT2D eigenvalue weighted by Crippen LogP contribution is 2.16. The van der Waals surface area contributed by atoms with Crippen LogP contribution in [0, 0.1) is 5.82 Å². The molecule has 0 bridgehead atoms. The average Bonchev–Trinajstić information content (AvgIpc) is 3.15. The molecule has 6 nitrogen and oxygen atoms in total. The number of benzene rings is 2. The first-order chi connectivity index (χ1) is 12.4. The number of sulfonamides is 1. The van der Waals surface area contributed by atoms with Crippen molar-refractivity contribution in [1.82, 2.24) is 10.0 Å². The zero-order chi connectivity index (χ0) is 18.6. The van der Waals surface area contributed by atoms with Gasteiger partial charge in [-0.25, -0.2) is 17.5 Å². The Hall–Kier alpha value is -2.00. The average molecular weight is 414 g/mol. The zero-order valence-electron chi connectivity index (χ0n) is 14.4. The van der Waals surface area contributed by atoms with Gasteiger partial charge < -0.3 is 10.6 Å². The van der Waals surface area contributed by atoms with Crippen LogP contribution in [0.25, 0.3) is 0 Å². The van der Waals surface area contributed by atoms with Crippen molar-refractivity contribution in [3.05, 3.63) is 59.9 Å². The summed E-state index contributed by atoms with van der Waals surface area (Å²) in [6.45, 7) is 1.26. The van der Waals surface area contributed by atoms with Crippen LogP contribution in [0.1, 0.15) is 23.2 Å². The van der Waals surface area contributed by atoms with Crippen LogP contribution < -0.4 is 15.4 Å². The van der Waals surface area contributed by atoms with Crippen molar-refractivity contribution in [2.24, 2.45) is 0 Å². The number of amides is 1. The van der Waals surface area contributed by atoms with E-state index in [9.17, 15) is 17.6 Å². The lowest BCUT2D eigenvalue weighted by molar-refractivity contribution is 0.102. The van der Waals surface area contributed by atoms with E-state index in [1.165, 1.54) is 48.5 Å². The van der Waals surface area contributed by atoms with Crippen molar-refractivity contribution in [3.8, 4) is 0 Å². The second kappa shape index (κ2) is 9.27. The van der Waals surface area contributed by atoms with Crippen LogP contribution in [0.15, 0.2) is 53.4 Å². The third-order valence-electron chi connectivity index (χ3n) is 4.21. The Morgan fingerprint density at radius 1 is 1.11 bits per heavy atom. The van der Waals surface area contributed by atoms with E-state index in [0.29, 0.717) is 17.8 Å². The monoisotopic (exact) mass is 413 g/mol. The lowest BCUT2D eigenvalue weighted by atomic mass is 10.2. The fourth-order valence-electron chi connectivity index (χ4n) is 2.75. The number of rotatable bonds is 6. The van der Waals surface area contributed by atoms with E-state index in [0.717, 1.165) is 19.4 Å². The Kier molecular flexibility index (Phi) is 7.32. The first kappa shape index (κ1) is 21.3. The summed E-state index contributed by atoms with van der Waals surface area (Å²) in [5.41, 5.74) is 0.768. The minimum Gasteiger partial charge on any atom is -0.322 e. The Morgan fingerprint density at radius 2 is 1.78 bits per heavy atom. The van der Waals surface area contributed by atoms with Gasteiger partial charge in [-0.3, -0.25) is 4.79 Å². The van der Waals surface area contributed by atoms with Crippen molar-refractivity contribution in [2.45, 2.75) is 23.8 Å². The molecule has 0 saturated carbocycles. The molecule has 1 unspecified atom stereocenters. The Balaban J connectivity index is 0.00000261.